The highest BCUT2D eigenvalue weighted by Gasteiger charge is 2.24. The highest BCUT2D eigenvalue weighted by Crippen LogP contribution is 2.32. The highest BCUT2D eigenvalue weighted by atomic mass is 19.1. The Balaban J connectivity index is 1.45. The third-order valence-electron chi connectivity index (χ3n) is 6.40. The van der Waals surface area contributed by atoms with Gasteiger partial charge in [-0.2, -0.15) is 0 Å². The quantitative estimate of drug-likeness (QED) is 0.704. The zero-order valence-corrected chi connectivity index (χ0v) is 17.9. The maximum Gasteiger partial charge on any atom is 0.224 e. The Morgan fingerprint density at radius 2 is 1.80 bits per heavy atom. The van der Waals surface area contributed by atoms with E-state index in [1.54, 1.807) is 12.1 Å². The van der Waals surface area contributed by atoms with E-state index in [1.165, 1.54) is 37.8 Å². The number of benzene rings is 2. The lowest BCUT2D eigenvalue weighted by atomic mass is 10.0. The molecule has 1 amide bonds. The fraction of sp³-hybridized carbons (Fsp3) is 0.480. The summed E-state index contributed by atoms with van der Waals surface area (Å²) in [6, 6.07) is 10.8. The molecule has 0 spiro atoms. The van der Waals surface area contributed by atoms with Crippen LogP contribution < -0.4 is 10.2 Å². The van der Waals surface area contributed by atoms with Gasteiger partial charge in [0.1, 0.15) is 11.9 Å². The smallest absolute Gasteiger partial charge is 0.224 e. The third-order valence-corrected chi connectivity index (χ3v) is 6.40. The Kier molecular flexibility index (Phi) is 6.38. The zero-order chi connectivity index (χ0) is 21.1. The van der Waals surface area contributed by atoms with Gasteiger partial charge in [-0.1, -0.05) is 25.0 Å². The molecule has 5 heteroatoms. The standard InChI is InChI=1S/C25H31FN2O2/c1-17-13-22(14-18(2)25(17)27-24(29)15-19-5-3-4-6-19)28-11-12-30-23(16-28)20-7-9-21(26)10-8-20/h7-10,13-14,19,23H,3-6,11-12,15-16H2,1-2H3,(H,27,29). The molecule has 4 nitrogen and oxygen atoms in total. The van der Waals surface area contributed by atoms with Crippen LogP contribution in [-0.4, -0.2) is 25.6 Å². The van der Waals surface area contributed by atoms with E-state index >= 15 is 0 Å². The molecule has 1 saturated heterocycles. The van der Waals surface area contributed by atoms with Gasteiger partial charge in [-0.25, -0.2) is 4.39 Å². The summed E-state index contributed by atoms with van der Waals surface area (Å²) in [6.07, 6.45) is 5.41. The highest BCUT2D eigenvalue weighted by molar-refractivity contribution is 5.93. The second kappa shape index (κ2) is 9.17. The van der Waals surface area contributed by atoms with Crippen LogP contribution in [-0.2, 0) is 9.53 Å². The van der Waals surface area contributed by atoms with Gasteiger partial charge in [0.25, 0.3) is 0 Å². The van der Waals surface area contributed by atoms with Crippen LogP contribution in [0.1, 0.15) is 54.9 Å². The van der Waals surface area contributed by atoms with Gasteiger partial charge in [-0.05, 0) is 73.6 Å². The van der Waals surface area contributed by atoms with Crippen molar-refractivity contribution in [2.45, 2.75) is 52.1 Å². The van der Waals surface area contributed by atoms with E-state index in [2.05, 4.69) is 36.2 Å². The van der Waals surface area contributed by atoms with E-state index < -0.39 is 0 Å². The molecule has 2 aromatic carbocycles. The number of nitrogens with zero attached hydrogens (tertiary/aromatic N) is 1. The summed E-state index contributed by atoms with van der Waals surface area (Å²) in [5, 5.41) is 3.16. The van der Waals surface area contributed by atoms with Crippen molar-refractivity contribution in [3.05, 3.63) is 58.9 Å². The van der Waals surface area contributed by atoms with Gasteiger partial charge >= 0.3 is 0 Å². The van der Waals surface area contributed by atoms with Crippen molar-refractivity contribution in [1.29, 1.82) is 0 Å². The molecule has 1 unspecified atom stereocenters. The van der Waals surface area contributed by atoms with Gasteiger partial charge in [-0.3, -0.25) is 4.79 Å². The molecular weight excluding hydrogens is 379 g/mol. The largest absolute Gasteiger partial charge is 0.370 e. The first-order valence-corrected chi connectivity index (χ1v) is 11.0. The van der Waals surface area contributed by atoms with E-state index in [0.717, 1.165) is 41.2 Å². The molecule has 1 N–H and O–H groups in total. The maximum atomic E-state index is 13.2. The number of rotatable bonds is 5. The van der Waals surface area contributed by atoms with Crippen LogP contribution in [0, 0.1) is 25.6 Å². The normalized spacial score (nSPS) is 19.8. The first kappa shape index (κ1) is 20.9. The Morgan fingerprint density at radius 3 is 2.47 bits per heavy atom. The lowest BCUT2D eigenvalue weighted by Gasteiger charge is -2.35. The minimum Gasteiger partial charge on any atom is -0.370 e. The number of aryl methyl sites for hydroxylation is 2. The van der Waals surface area contributed by atoms with Crippen LogP contribution in [0.3, 0.4) is 0 Å². The first-order chi connectivity index (χ1) is 14.5. The average molecular weight is 411 g/mol. The molecule has 1 saturated carbocycles. The van der Waals surface area contributed by atoms with Gasteiger partial charge in [-0.15, -0.1) is 0 Å². The monoisotopic (exact) mass is 410 g/mol. The number of amides is 1. The van der Waals surface area contributed by atoms with Gasteiger partial charge in [0, 0.05) is 30.9 Å². The number of anilines is 2. The summed E-state index contributed by atoms with van der Waals surface area (Å²) in [7, 11) is 0. The molecule has 1 heterocycles. The molecule has 2 aromatic rings. The van der Waals surface area contributed by atoms with Crippen LogP contribution >= 0.6 is 0 Å². The van der Waals surface area contributed by atoms with Crippen molar-refractivity contribution in [2.75, 3.05) is 29.9 Å². The molecule has 0 radical (unpaired) electrons. The van der Waals surface area contributed by atoms with Gasteiger partial charge in [0.15, 0.2) is 0 Å². The predicted octanol–water partition coefficient (Wildman–Crippen LogP) is 5.54. The van der Waals surface area contributed by atoms with E-state index in [0.29, 0.717) is 18.9 Å². The Labute approximate surface area is 178 Å². The van der Waals surface area contributed by atoms with Gasteiger partial charge < -0.3 is 15.0 Å². The Morgan fingerprint density at radius 1 is 1.13 bits per heavy atom. The lowest BCUT2D eigenvalue weighted by molar-refractivity contribution is -0.117. The van der Waals surface area contributed by atoms with E-state index in [9.17, 15) is 9.18 Å². The summed E-state index contributed by atoms with van der Waals surface area (Å²) >= 11 is 0. The number of carbonyl (C=O) groups excluding carboxylic acids is 1. The molecule has 0 bridgehead atoms. The van der Waals surface area contributed by atoms with Crippen molar-refractivity contribution in [3.63, 3.8) is 0 Å². The minimum absolute atomic E-state index is 0.0780. The first-order valence-electron chi connectivity index (χ1n) is 11.0. The molecule has 4 rings (SSSR count). The van der Waals surface area contributed by atoms with Gasteiger partial charge in [0.2, 0.25) is 5.91 Å². The van der Waals surface area contributed by atoms with Crippen molar-refractivity contribution in [2.24, 2.45) is 5.92 Å². The second-order valence-electron chi connectivity index (χ2n) is 8.71. The summed E-state index contributed by atoms with van der Waals surface area (Å²) in [5.41, 5.74) is 5.22. The van der Waals surface area contributed by atoms with Crippen molar-refractivity contribution < 1.29 is 13.9 Å². The molecule has 1 aliphatic carbocycles. The van der Waals surface area contributed by atoms with Crippen LogP contribution in [0.15, 0.2) is 36.4 Å². The number of hydrogen-bond acceptors (Lipinski definition) is 3. The fourth-order valence-corrected chi connectivity index (χ4v) is 4.75. The molecule has 1 aliphatic heterocycles. The molecule has 30 heavy (non-hydrogen) atoms. The van der Waals surface area contributed by atoms with Crippen molar-refractivity contribution in [3.8, 4) is 0 Å². The SMILES string of the molecule is Cc1cc(N2CCOC(c3ccc(F)cc3)C2)cc(C)c1NC(=O)CC1CCCC1. The third kappa shape index (κ3) is 4.84. The number of nitrogens with one attached hydrogen (secondary N) is 1. The fourth-order valence-electron chi connectivity index (χ4n) is 4.75. The summed E-state index contributed by atoms with van der Waals surface area (Å²) in [6.45, 7) is 6.26. The molecule has 160 valence electrons. The number of hydrogen-bond donors (Lipinski definition) is 1. The van der Waals surface area contributed by atoms with Crippen LogP contribution in [0.25, 0.3) is 0 Å². The van der Waals surface area contributed by atoms with Crippen molar-refractivity contribution in [1.82, 2.24) is 0 Å². The zero-order valence-electron chi connectivity index (χ0n) is 17.9. The number of ether oxygens (including phenoxy) is 1. The number of carbonyl (C=O) groups is 1. The lowest BCUT2D eigenvalue weighted by Crippen LogP contribution is -2.38. The molecular formula is C25H31FN2O2. The molecule has 2 aliphatic rings. The van der Waals surface area contributed by atoms with E-state index in [-0.39, 0.29) is 17.8 Å². The second-order valence-corrected chi connectivity index (χ2v) is 8.71. The van der Waals surface area contributed by atoms with E-state index in [4.69, 9.17) is 4.74 Å². The predicted molar refractivity (Wildman–Crippen MR) is 118 cm³/mol. The summed E-state index contributed by atoms with van der Waals surface area (Å²) < 4.78 is 19.2. The Bertz CT molecular complexity index is 868. The topological polar surface area (TPSA) is 41.6 Å². The maximum absolute atomic E-state index is 13.2. The molecule has 1 atom stereocenters. The van der Waals surface area contributed by atoms with Crippen molar-refractivity contribution >= 4 is 17.3 Å². The summed E-state index contributed by atoms with van der Waals surface area (Å²) in [4.78, 5) is 14.8. The molecule has 2 fully saturated rings. The van der Waals surface area contributed by atoms with Gasteiger partial charge in [0.05, 0.1) is 6.61 Å². The van der Waals surface area contributed by atoms with Crippen LogP contribution in [0.5, 0.6) is 0 Å². The Hall–Kier alpha value is -2.40. The summed E-state index contributed by atoms with van der Waals surface area (Å²) in [5.74, 6) is 0.438. The average Bonchev–Trinajstić information content (AvgIpc) is 3.24. The number of halogens is 1. The molecule has 0 aromatic heterocycles. The number of morpholine rings is 1. The van der Waals surface area contributed by atoms with Crippen LogP contribution in [0.2, 0.25) is 0 Å². The van der Waals surface area contributed by atoms with Crippen LogP contribution in [0.4, 0.5) is 15.8 Å². The minimum atomic E-state index is -0.233. The van der Waals surface area contributed by atoms with E-state index in [1.807, 2.05) is 0 Å².